The second-order valence-corrected chi connectivity index (χ2v) is 5.34. The Balaban J connectivity index is 2.61. The van der Waals surface area contributed by atoms with Gasteiger partial charge in [0, 0.05) is 12.0 Å². The van der Waals surface area contributed by atoms with Crippen LogP contribution in [0.4, 0.5) is 0 Å². The van der Waals surface area contributed by atoms with Gasteiger partial charge in [-0.3, -0.25) is 0 Å². The Hall–Kier alpha value is -0.0800. The molecule has 0 aliphatic heterocycles. The van der Waals surface area contributed by atoms with Crippen molar-refractivity contribution in [1.29, 1.82) is 0 Å². The van der Waals surface area contributed by atoms with Crippen molar-refractivity contribution < 1.29 is 5.11 Å². The third-order valence-electron chi connectivity index (χ3n) is 4.34. The fourth-order valence-corrected chi connectivity index (χ4v) is 2.60. The van der Waals surface area contributed by atoms with E-state index in [1.807, 2.05) is 6.92 Å². The molecule has 0 heterocycles. The van der Waals surface area contributed by atoms with Crippen molar-refractivity contribution in [2.24, 2.45) is 23.0 Å². The van der Waals surface area contributed by atoms with Gasteiger partial charge < -0.3 is 10.8 Å². The number of hydrogen-bond acceptors (Lipinski definition) is 2. The highest BCUT2D eigenvalue weighted by Gasteiger charge is 2.38. The summed E-state index contributed by atoms with van der Waals surface area (Å²) >= 11 is 0. The van der Waals surface area contributed by atoms with Crippen LogP contribution in [-0.2, 0) is 0 Å². The van der Waals surface area contributed by atoms with Crippen LogP contribution < -0.4 is 5.73 Å². The van der Waals surface area contributed by atoms with Crippen LogP contribution in [0.3, 0.4) is 0 Å². The SMILES string of the molecule is CC1CCC(C(C)(CN)C(C)O)CC1. The van der Waals surface area contributed by atoms with Crippen LogP contribution in [0.2, 0.25) is 0 Å². The molecule has 1 aliphatic rings. The zero-order valence-electron chi connectivity index (χ0n) is 9.79. The van der Waals surface area contributed by atoms with Gasteiger partial charge >= 0.3 is 0 Å². The van der Waals surface area contributed by atoms with Gasteiger partial charge in [-0.25, -0.2) is 0 Å². The Morgan fingerprint density at radius 1 is 1.36 bits per heavy atom. The molecule has 0 aromatic carbocycles. The number of rotatable bonds is 3. The van der Waals surface area contributed by atoms with Crippen molar-refractivity contribution in [3.63, 3.8) is 0 Å². The van der Waals surface area contributed by atoms with Crippen molar-refractivity contribution >= 4 is 0 Å². The predicted octanol–water partition coefficient (Wildman–Crippen LogP) is 2.16. The molecule has 14 heavy (non-hydrogen) atoms. The van der Waals surface area contributed by atoms with Crippen LogP contribution in [0.5, 0.6) is 0 Å². The first kappa shape index (κ1) is 12.0. The van der Waals surface area contributed by atoms with Gasteiger partial charge in [0.05, 0.1) is 6.10 Å². The average molecular weight is 199 g/mol. The monoisotopic (exact) mass is 199 g/mol. The highest BCUT2D eigenvalue weighted by atomic mass is 16.3. The van der Waals surface area contributed by atoms with Crippen molar-refractivity contribution in [2.45, 2.75) is 52.6 Å². The summed E-state index contributed by atoms with van der Waals surface area (Å²) in [4.78, 5) is 0. The summed E-state index contributed by atoms with van der Waals surface area (Å²) in [6.07, 6.45) is 4.78. The zero-order chi connectivity index (χ0) is 10.8. The van der Waals surface area contributed by atoms with Crippen LogP contribution in [0.25, 0.3) is 0 Å². The summed E-state index contributed by atoms with van der Waals surface area (Å²) in [5.41, 5.74) is 5.74. The van der Waals surface area contributed by atoms with Crippen LogP contribution in [0.15, 0.2) is 0 Å². The summed E-state index contributed by atoms with van der Waals surface area (Å²) in [5.74, 6) is 1.48. The van der Waals surface area contributed by atoms with Gasteiger partial charge in [0.25, 0.3) is 0 Å². The topological polar surface area (TPSA) is 46.2 Å². The summed E-state index contributed by atoms with van der Waals surface area (Å²) in [7, 11) is 0. The van der Waals surface area contributed by atoms with Crippen LogP contribution in [0.1, 0.15) is 46.5 Å². The first-order valence-electron chi connectivity index (χ1n) is 5.89. The number of hydrogen-bond donors (Lipinski definition) is 2. The molecule has 0 spiro atoms. The lowest BCUT2D eigenvalue weighted by Crippen LogP contribution is -2.45. The minimum atomic E-state index is -0.286. The molecule has 84 valence electrons. The largest absolute Gasteiger partial charge is 0.393 e. The second kappa shape index (κ2) is 4.63. The standard InChI is InChI=1S/C12H25NO/c1-9-4-6-11(7-5-9)12(3,8-13)10(2)14/h9-11,14H,4-8,13H2,1-3H3. The van der Waals surface area contributed by atoms with E-state index in [2.05, 4.69) is 13.8 Å². The summed E-state index contributed by atoms with van der Waals surface area (Å²) in [6, 6.07) is 0. The quantitative estimate of drug-likeness (QED) is 0.731. The molecule has 0 aromatic heterocycles. The van der Waals surface area contributed by atoms with Crippen molar-refractivity contribution in [3.8, 4) is 0 Å². The summed E-state index contributed by atoms with van der Waals surface area (Å²) < 4.78 is 0. The first-order valence-corrected chi connectivity index (χ1v) is 5.89. The van der Waals surface area contributed by atoms with E-state index < -0.39 is 0 Å². The number of aliphatic hydroxyl groups is 1. The van der Waals surface area contributed by atoms with Crippen LogP contribution >= 0.6 is 0 Å². The van der Waals surface area contributed by atoms with E-state index in [1.165, 1.54) is 25.7 Å². The molecule has 1 aliphatic carbocycles. The Kier molecular flexibility index (Phi) is 3.96. The normalized spacial score (nSPS) is 34.9. The highest BCUT2D eigenvalue weighted by Crippen LogP contribution is 2.41. The van der Waals surface area contributed by atoms with E-state index in [9.17, 15) is 5.11 Å². The van der Waals surface area contributed by atoms with Gasteiger partial charge in [0.1, 0.15) is 0 Å². The van der Waals surface area contributed by atoms with E-state index in [-0.39, 0.29) is 11.5 Å². The molecular formula is C12H25NO. The summed E-state index contributed by atoms with van der Waals surface area (Å²) in [5, 5.41) is 9.81. The lowest BCUT2D eigenvalue weighted by Gasteiger charge is -2.42. The van der Waals surface area contributed by atoms with Gasteiger partial charge in [-0.15, -0.1) is 0 Å². The van der Waals surface area contributed by atoms with Crippen molar-refractivity contribution in [3.05, 3.63) is 0 Å². The van der Waals surface area contributed by atoms with E-state index in [4.69, 9.17) is 5.73 Å². The predicted molar refractivity (Wildman–Crippen MR) is 60.0 cm³/mol. The maximum atomic E-state index is 9.81. The second-order valence-electron chi connectivity index (χ2n) is 5.34. The van der Waals surface area contributed by atoms with E-state index in [0.717, 1.165) is 5.92 Å². The Morgan fingerprint density at radius 3 is 2.21 bits per heavy atom. The molecule has 2 atom stereocenters. The lowest BCUT2D eigenvalue weighted by atomic mass is 9.65. The molecule has 1 fully saturated rings. The molecule has 1 rings (SSSR count). The molecule has 0 aromatic rings. The molecule has 1 saturated carbocycles. The van der Waals surface area contributed by atoms with Gasteiger partial charge in [-0.2, -0.15) is 0 Å². The van der Waals surface area contributed by atoms with Gasteiger partial charge in [0.15, 0.2) is 0 Å². The van der Waals surface area contributed by atoms with Crippen molar-refractivity contribution in [2.75, 3.05) is 6.54 Å². The van der Waals surface area contributed by atoms with Crippen molar-refractivity contribution in [1.82, 2.24) is 0 Å². The average Bonchev–Trinajstić information content (AvgIpc) is 2.17. The third-order valence-corrected chi connectivity index (χ3v) is 4.34. The number of aliphatic hydroxyl groups excluding tert-OH is 1. The smallest absolute Gasteiger partial charge is 0.0580 e. The first-order chi connectivity index (χ1) is 6.50. The van der Waals surface area contributed by atoms with E-state index in [1.54, 1.807) is 0 Å². The minimum absolute atomic E-state index is 0.0693. The molecule has 0 saturated heterocycles. The molecule has 0 bridgehead atoms. The molecule has 2 nitrogen and oxygen atoms in total. The van der Waals surface area contributed by atoms with Gasteiger partial charge in [-0.1, -0.05) is 26.7 Å². The molecule has 3 N–H and O–H groups in total. The summed E-state index contributed by atoms with van der Waals surface area (Å²) in [6.45, 7) is 6.94. The van der Waals surface area contributed by atoms with E-state index in [0.29, 0.717) is 12.5 Å². The van der Waals surface area contributed by atoms with Gasteiger partial charge in [0.2, 0.25) is 0 Å². The fourth-order valence-electron chi connectivity index (χ4n) is 2.60. The molecule has 2 heteroatoms. The highest BCUT2D eigenvalue weighted by molar-refractivity contribution is 4.90. The molecule has 2 unspecified atom stereocenters. The lowest BCUT2D eigenvalue weighted by molar-refractivity contribution is -0.00665. The Labute approximate surface area is 87.9 Å². The maximum absolute atomic E-state index is 9.81. The van der Waals surface area contributed by atoms with Crippen LogP contribution in [-0.4, -0.2) is 17.8 Å². The molecule has 0 amide bonds. The number of nitrogens with two attached hydrogens (primary N) is 1. The Morgan fingerprint density at radius 2 is 1.86 bits per heavy atom. The Bertz CT molecular complexity index is 173. The third kappa shape index (κ3) is 2.29. The maximum Gasteiger partial charge on any atom is 0.0580 e. The fraction of sp³-hybridized carbons (Fsp3) is 1.00. The molecule has 0 radical (unpaired) electrons. The zero-order valence-corrected chi connectivity index (χ0v) is 9.79. The molecular weight excluding hydrogens is 174 g/mol. The van der Waals surface area contributed by atoms with Crippen LogP contribution in [0, 0.1) is 17.3 Å². The minimum Gasteiger partial charge on any atom is -0.393 e. The van der Waals surface area contributed by atoms with E-state index >= 15 is 0 Å². The van der Waals surface area contributed by atoms with Gasteiger partial charge in [-0.05, 0) is 31.6 Å².